The number of nitrogens with zero attached hydrogens (tertiary/aromatic N) is 7. The van der Waals surface area contributed by atoms with E-state index in [1.54, 1.807) is 12.4 Å². The van der Waals surface area contributed by atoms with E-state index in [4.69, 9.17) is 9.97 Å². The Morgan fingerprint density at radius 2 is 2.00 bits per heavy atom. The van der Waals surface area contributed by atoms with Crippen molar-refractivity contribution in [2.45, 2.75) is 51.1 Å². The van der Waals surface area contributed by atoms with Gasteiger partial charge in [0.05, 0.1) is 30.5 Å². The molecule has 0 unspecified atom stereocenters. The molecule has 9 heteroatoms. The van der Waals surface area contributed by atoms with Crippen molar-refractivity contribution in [2.75, 3.05) is 13.1 Å². The molecule has 4 aromatic heterocycles. The quantitative estimate of drug-likeness (QED) is 0.533. The number of aromatic nitrogens is 7. The van der Waals surface area contributed by atoms with Crippen LogP contribution in [0.3, 0.4) is 0 Å². The molecule has 1 N–H and O–H groups in total. The number of nitrogens with one attached hydrogen (secondary N) is 1. The summed E-state index contributed by atoms with van der Waals surface area (Å²) in [5.74, 6) is 2.37. The summed E-state index contributed by atoms with van der Waals surface area (Å²) in [7, 11) is 2.05. The number of hydrogen-bond acceptors (Lipinski definition) is 6. The predicted octanol–water partition coefficient (Wildman–Crippen LogP) is 2.75. The first kappa shape index (κ1) is 19.6. The summed E-state index contributed by atoms with van der Waals surface area (Å²) in [6.45, 7) is 4.78. The first-order valence-electron chi connectivity index (χ1n) is 11.5. The lowest BCUT2D eigenvalue weighted by Crippen LogP contribution is -2.23. The van der Waals surface area contributed by atoms with Crippen molar-refractivity contribution in [3.05, 3.63) is 46.7 Å². The number of pyridine rings is 1. The van der Waals surface area contributed by atoms with Crippen LogP contribution in [0.15, 0.2) is 29.5 Å². The third-order valence-corrected chi connectivity index (χ3v) is 7.33. The highest BCUT2D eigenvalue weighted by Gasteiger charge is 2.34. The maximum absolute atomic E-state index is 12.8. The standard InChI is InChI=1S/C23H28N8O/c1-14-11-30(13-20-26-18-10-24-8-7-19(18)29(20)2)12-17(14)21-27-22-16(23(32)28-21)9-25-31(22)15-5-3-4-6-15/h7-10,14-15,17H,3-6,11-13H2,1-2H3,(H,27,28,32)/t14-,17-/m1/s1. The van der Waals surface area contributed by atoms with E-state index >= 15 is 0 Å². The Morgan fingerprint density at radius 1 is 1.16 bits per heavy atom. The minimum atomic E-state index is -0.0808. The van der Waals surface area contributed by atoms with E-state index < -0.39 is 0 Å². The molecule has 0 spiro atoms. The summed E-state index contributed by atoms with van der Waals surface area (Å²) in [6, 6.07) is 2.36. The van der Waals surface area contributed by atoms with Crippen molar-refractivity contribution in [2.24, 2.45) is 13.0 Å². The van der Waals surface area contributed by atoms with Gasteiger partial charge >= 0.3 is 0 Å². The van der Waals surface area contributed by atoms with Gasteiger partial charge in [0.15, 0.2) is 5.65 Å². The van der Waals surface area contributed by atoms with Gasteiger partial charge in [0.25, 0.3) is 5.56 Å². The lowest BCUT2D eigenvalue weighted by atomic mass is 9.97. The number of hydrogen-bond donors (Lipinski definition) is 1. The molecule has 5 heterocycles. The van der Waals surface area contributed by atoms with Crippen LogP contribution in [0.2, 0.25) is 0 Å². The fourth-order valence-electron chi connectivity index (χ4n) is 5.54. The highest BCUT2D eigenvalue weighted by atomic mass is 16.1. The van der Waals surface area contributed by atoms with Gasteiger partial charge in [-0.3, -0.25) is 14.7 Å². The number of H-pyrrole nitrogens is 1. The molecule has 2 fully saturated rings. The lowest BCUT2D eigenvalue weighted by molar-refractivity contribution is 0.307. The van der Waals surface area contributed by atoms with Crippen LogP contribution in [0.5, 0.6) is 0 Å². The third-order valence-electron chi connectivity index (χ3n) is 7.33. The van der Waals surface area contributed by atoms with Gasteiger partial charge in [-0.15, -0.1) is 0 Å². The Balaban J connectivity index is 1.28. The van der Waals surface area contributed by atoms with Crippen LogP contribution >= 0.6 is 0 Å². The van der Waals surface area contributed by atoms with E-state index in [-0.39, 0.29) is 11.5 Å². The molecule has 2 aliphatic rings. The second-order valence-corrected chi connectivity index (χ2v) is 9.45. The molecule has 0 amide bonds. The van der Waals surface area contributed by atoms with Gasteiger partial charge in [0.2, 0.25) is 0 Å². The van der Waals surface area contributed by atoms with Gasteiger partial charge in [0, 0.05) is 32.3 Å². The molecule has 1 saturated heterocycles. The fraction of sp³-hybridized carbons (Fsp3) is 0.522. The van der Waals surface area contributed by atoms with Gasteiger partial charge in [-0.05, 0) is 24.8 Å². The van der Waals surface area contributed by atoms with Crippen LogP contribution in [0, 0.1) is 5.92 Å². The Kier molecular flexibility index (Phi) is 4.60. The van der Waals surface area contributed by atoms with E-state index in [0.29, 0.717) is 17.3 Å². The second-order valence-electron chi connectivity index (χ2n) is 9.45. The Bertz CT molecular complexity index is 1350. The molecule has 32 heavy (non-hydrogen) atoms. The number of fused-ring (bicyclic) bond motifs is 2. The van der Waals surface area contributed by atoms with Gasteiger partial charge in [-0.2, -0.15) is 5.10 Å². The molecular weight excluding hydrogens is 404 g/mol. The van der Waals surface area contributed by atoms with Crippen molar-refractivity contribution >= 4 is 22.1 Å². The predicted molar refractivity (Wildman–Crippen MR) is 121 cm³/mol. The first-order chi connectivity index (χ1) is 15.6. The number of likely N-dealkylation sites (tertiary alicyclic amines) is 1. The molecule has 166 valence electrons. The van der Waals surface area contributed by atoms with Gasteiger partial charge in [-0.25, -0.2) is 14.6 Å². The van der Waals surface area contributed by atoms with E-state index in [0.717, 1.165) is 60.8 Å². The van der Waals surface area contributed by atoms with Gasteiger partial charge in [-0.1, -0.05) is 19.8 Å². The average Bonchev–Trinajstić information content (AvgIpc) is 3.56. The van der Waals surface area contributed by atoms with Crippen molar-refractivity contribution in [1.82, 2.24) is 39.2 Å². The van der Waals surface area contributed by atoms with E-state index in [2.05, 4.69) is 38.5 Å². The molecule has 9 nitrogen and oxygen atoms in total. The number of rotatable bonds is 4. The topological polar surface area (TPSA) is 97.5 Å². The molecule has 0 aromatic carbocycles. The summed E-state index contributed by atoms with van der Waals surface area (Å²) >= 11 is 0. The summed E-state index contributed by atoms with van der Waals surface area (Å²) in [4.78, 5) is 32.2. The van der Waals surface area contributed by atoms with Crippen molar-refractivity contribution in [3.8, 4) is 0 Å². The SMILES string of the molecule is C[C@@H]1CN(Cc2nc3cnccc3n2C)C[C@H]1c1nc2c(cnn2C2CCCC2)c(=O)[nH]1. The first-order valence-corrected chi connectivity index (χ1v) is 11.5. The monoisotopic (exact) mass is 432 g/mol. The molecule has 1 aliphatic carbocycles. The van der Waals surface area contributed by atoms with Crippen molar-refractivity contribution in [3.63, 3.8) is 0 Å². The maximum atomic E-state index is 12.8. The maximum Gasteiger partial charge on any atom is 0.262 e. The normalized spacial score (nSPS) is 22.6. The van der Waals surface area contributed by atoms with Crippen molar-refractivity contribution < 1.29 is 0 Å². The molecule has 2 atom stereocenters. The smallest absolute Gasteiger partial charge is 0.262 e. The summed E-state index contributed by atoms with van der Waals surface area (Å²) in [6.07, 6.45) is 9.95. The number of imidazole rings is 1. The summed E-state index contributed by atoms with van der Waals surface area (Å²) < 4.78 is 4.13. The van der Waals surface area contributed by atoms with Crippen LogP contribution in [0.4, 0.5) is 0 Å². The zero-order valence-corrected chi connectivity index (χ0v) is 18.5. The molecule has 0 bridgehead atoms. The third kappa shape index (κ3) is 3.14. The van der Waals surface area contributed by atoms with Crippen LogP contribution in [-0.2, 0) is 13.6 Å². The molecule has 1 saturated carbocycles. The minimum absolute atomic E-state index is 0.0808. The van der Waals surface area contributed by atoms with Gasteiger partial charge in [0.1, 0.15) is 22.6 Å². The molecule has 4 aromatic rings. The Morgan fingerprint density at radius 3 is 2.81 bits per heavy atom. The van der Waals surface area contributed by atoms with E-state index in [9.17, 15) is 4.79 Å². The molecular formula is C23H28N8O. The minimum Gasteiger partial charge on any atom is -0.330 e. The average molecular weight is 433 g/mol. The Hall–Kier alpha value is -3.07. The molecule has 0 radical (unpaired) electrons. The fourth-order valence-corrected chi connectivity index (χ4v) is 5.54. The van der Waals surface area contributed by atoms with Crippen molar-refractivity contribution in [1.29, 1.82) is 0 Å². The highest BCUT2D eigenvalue weighted by Crippen LogP contribution is 2.33. The van der Waals surface area contributed by atoms with E-state index in [1.807, 2.05) is 16.9 Å². The zero-order chi connectivity index (χ0) is 21.8. The van der Waals surface area contributed by atoms with Crippen LogP contribution in [0.25, 0.3) is 22.1 Å². The molecule has 6 rings (SSSR count). The number of aromatic amines is 1. The lowest BCUT2D eigenvalue weighted by Gasteiger charge is -2.16. The molecule has 1 aliphatic heterocycles. The highest BCUT2D eigenvalue weighted by molar-refractivity contribution is 5.74. The zero-order valence-electron chi connectivity index (χ0n) is 18.5. The second kappa shape index (κ2) is 7.51. The largest absolute Gasteiger partial charge is 0.330 e. The van der Waals surface area contributed by atoms with Crippen LogP contribution in [-0.4, -0.2) is 52.3 Å². The van der Waals surface area contributed by atoms with E-state index in [1.165, 1.54) is 12.8 Å². The Labute approximate surface area is 185 Å². The van der Waals surface area contributed by atoms with Gasteiger partial charge < -0.3 is 9.55 Å². The number of aryl methyl sites for hydroxylation is 1. The van der Waals surface area contributed by atoms with Crippen LogP contribution < -0.4 is 5.56 Å². The van der Waals surface area contributed by atoms with Crippen LogP contribution in [0.1, 0.15) is 56.2 Å². The summed E-state index contributed by atoms with van der Waals surface area (Å²) in [5.41, 5.74) is 2.67. The summed E-state index contributed by atoms with van der Waals surface area (Å²) in [5, 5.41) is 5.13.